The number of rotatable bonds is 8. The smallest absolute Gasteiger partial charge is 0.217 e. The summed E-state index contributed by atoms with van der Waals surface area (Å²) in [4.78, 5) is 10.8. The van der Waals surface area contributed by atoms with Gasteiger partial charge in [0.2, 0.25) is 5.91 Å². The van der Waals surface area contributed by atoms with Crippen molar-refractivity contribution in [2.45, 2.75) is 71.0 Å². The molecule has 1 amide bonds. The molecule has 0 bridgehead atoms. The van der Waals surface area contributed by atoms with Gasteiger partial charge in [0.05, 0.1) is 12.2 Å². The van der Waals surface area contributed by atoms with E-state index in [1.807, 2.05) is 26.0 Å². The molecule has 2 aliphatic carbocycles. The molecule has 0 heterocycles. The highest BCUT2D eigenvalue weighted by molar-refractivity contribution is 5.73. The minimum atomic E-state index is -0.521. The average molecular weight is 360 g/mol. The topological polar surface area (TPSA) is 83.5 Å². The summed E-state index contributed by atoms with van der Waals surface area (Å²) in [5.74, 6) is 6.84. The number of carbonyl (C=O) groups is 1. The molecule has 0 unspecified atom stereocenters. The highest BCUT2D eigenvalue weighted by atomic mass is 16.3. The number of hydrogen-bond donors (Lipinski definition) is 3. The van der Waals surface area contributed by atoms with Gasteiger partial charge in [-0.3, -0.25) is 4.79 Å². The van der Waals surface area contributed by atoms with Crippen molar-refractivity contribution in [2.24, 2.45) is 29.4 Å². The van der Waals surface area contributed by atoms with Gasteiger partial charge in [-0.1, -0.05) is 30.7 Å². The Morgan fingerprint density at radius 2 is 2.19 bits per heavy atom. The van der Waals surface area contributed by atoms with Crippen LogP contribution >= 0.6 is 0 Å². The first-order valence-electron chi connectivity index (χ1n) is 9.82. The second-order valence-electron chi connectivity index (χ2n) is 7.92. The fraction of sp³-hybridized carbons (Fsp3) is 0.682. The van der Waals surface area contributed by atoms with E-state index in [9.17, 15) is 15.0 Å². The first kappa shape index (κ1) is 20.7. The molecular weight excluding hydrogens is 326 g/mol. The third kappa shape index (κ3) is 5.72. The van der Waals surface area contributed by atoms with Gasteiger partial charge in [-0.2, -0.15) is 0 Å². The minimum absolute atomic E-state index is 0.0948. The Bertz CT molecular complexity index is 598. The normalized spacial score (nSPS) is 31.6. The number of aliphatic hydroxyl groups is 2. The maximum absolute atomic E-state index is 10.8. The van der Waals surface area contributed by atoms with Crippen molar-refractivity contribution >= 4 is 5.91 Å². The molecule has 0 saturated heterocycles. The lowest BCUT2D eigenvalue weighted by Crippen LogP contribution is -2.19. The van der Waals surface area contributed by atoms with E-state index in [1.54, 1.807) is 0 Å². The molecule has 0 aromatic carbocycles. The number of amides is 1. The largest absolute Gasteiger partial charge is 0.392 e. The Balaban J connectivity index is 1.89. The Labute approximate surface area is 157 Å². The molecule has 2 aliphatic rings. The van der Waals surface area contributed by atoms with Crippen LogP contribution in [-0.4, -0.2) is 28.3 Å². The van der Waals surface area contributed by atoms with Crippen LogP contribution in [0, 0.1) is 35.5 Å². The number of aliphatic hydroxyl groups excluding tert-OH is 2. The molecule has 0 aromatic rings. The Morgan fingerprint density at radius 3 is 2.88 bits per heavy atom. The summed E-state index contributed by atoms with van der Waals surface area (Å²) in [5.41, 5.74) is 6.62. The summed E-state index contributed by atoms with van der Waals surface area (Å²) >= 11 is 0. The molecule has 0 aromatic heterocycles. The summed E-state index contributed by atoms with van der Waals surface area (Å²) in [5, 5.41) is 20.7. The number of nitrogens with two attached hydrogens (primary N) is 1. The van der Waals surface area contributed by atoms with Crippen molar-refractivity contribution in [3.05, 3.63) is 23.8 Å². The molecule has 0 radical (unpaired) electrons. The van der Waals surface area contributed by atoms with Crippen LogP contribution in [0.2, 0.25) is 0 Å². The van der Waals surface area contributed by atoms with E-state index >= 15 is 0 Å². The molecule has 2 rings (SSSR count). The number of hydrogen-bond acceptors (Lipinski definition) is 3. The van der Waals surface area contributed by atoms with Gasteiger partial charge < -0.3 is 15.9 Å². The van der Waals surface area contributed by atoms with Gasteiger partial charge in [-0.25, -0.2) is 0 Å². The summed E-state index contributed by atoms with van der Waals surface area (Å²) in [6.45, 7) is 3.80. The molecular formula is C22H33NO3. The number of allylic oxidation sites excluding steroid dienone is 2. The maximum atomic E-state index is 10.8. The van der Waals surface area contributed by atoms with E-state index in [4.69, 9.17) is 5.73 Å². The second kappa shape index (κ2) is 9.94. The molecule has 2 saturated carbocycles. The Hall–Kier alpha value is -1.57. The van der Waals surface area contributed by atoms with Crippen molar-refractivity contribution < 1.29 is 15.0 Å². The van der Waals surface area contributed by atoms with Crippen LogP contribution in [0.25, 0.3) is 0 Å². The van der Waals surface area contributed by atoms with Crippen LogP contribution in [0.1, 0.15) is 58.8 Å². The lowest BCUT2D eigenvalue weighted by atomic mass is 9.89. The number of primary amides is 1. The predicted octanol–water partition coefficient (Wildman–Crippen LogP) is 2.94. The van der Waals surface area contributed by atoms with Gasteiger partial charge in [-0.05, 0) is 56.8 Å². The highest BCUT2D eigenvalue weighted by Crippen LogP contribution is 2.50. The van der Waals surface area contributed by atoms with Gasteiger partial charge in [0.25, 0.3) is 0 Å². The summed E-state index contributed by atoms with van der Waals surface area (Å²) in [6.07, 6.45) is 11.1. The number of fused-ring (bicyclic) bond motifs is 1. The van der Waals surface area contributed by atoms with Gasteiger partial charge >= 0.3 is 0 Å². The molecule has 4 N–H and O–H groups in total. The Kier molecular flexibility index (Phi) is 7.93. The van der Waals surface area contributed by atoms with E-state index in [1.165, 1.54) is 5.57 Å². The monoisotopic (exact) mass is 359 g/mol. The number of carbonyl (C=O) groups excluding carboxylic acids is 1. The fourth-order valence-corrected chi connectivity index (χ4v) is 4.34. The zero-order valence-electron chi connectivity index (χ0n) is 16.0. The van der Waals surface area contributed by atoms with Crippen LogP contribution in [0.3, 0.4) is 0 Å². The molecule has 0 aliphatic heterocycles. The summed E-state index contributed by atoms with van der Waals surface area (Å²) in [7, 11) is 0. The first-order valence-corrected chi connectivity index (χ1v) is 9.82. The molecule has 26 heavy (non-hydrogen) atoms. The van der Waals surface area contributed by atoms with Crippen molar-refractivity contribution in [3.8, 4) is 11.8 Å². The lowest BCUT2D eigenvalue weighted by Gasteiger charge is -2.19. The third-order valence-electron chi connectivity index (χ3n) is 5.89. The molecule has 6 atom stereocenters. The van der Waals surface area contributed by atoms with Crippen molar-refractivity contribution in [1.29, 1.82) is 0 Å². The van der Waals surface area contributed by atoms with Crippen molar-refractivity contribution in [2.75, 3.05) is 0 Å². The third-order valence-corrected chi connectivity index (χ3v) is 5.89. The van der Waals surface area contributed by atoms with E-state index in [2.05, 4.69) is 17.9 Å². The van der Waals surface area contributed by atoms with E-state index in [-0.39, 0.29) is 23.8 Å². The van der Waals surface area contributed by atoms with Crippen LogP contribution in [0.15, 0.2) is 23.8 Å². The zero-order valence-corrected chi connectivity index (χ0v) is 16.0. The van der Waals surface area contributed by atoms with Gasteiger partial charge in [0, 0.05) is 18.8 Å². The standard InChI is InChI=1S/C22H33NO3/c1-3-4-7-15(2)20(24)11-10-18-19-13-16(8-5-6-9-22(23)26)12-17(19)14-21(18)25/h8,10-11,15,17-21,24-25H,5-7,9,12-14H2,1-2H3,(H2,23,26)/b11-10+,16-8+/t15-,17-,18+,19-,20+,21+/m0/s1. The molecule has 144 valence electrons. The quantitative estimate of drug-likeness (QED) is 0.354. The molecule has 0 spiro atoms. The predicted molar refractivity (Wildman–Crippen MR) is 104 cm³/mol. The van der Waals surface area contributed by atoms with Crippen molar-refractivity contribution in [1.82, 2.24) is 0 Å². The zero-order chi connectivity index (χ0) is 19.1. The fourth-order valence-electron chi connectivity index (χ4n) is 4.34. The summed E-state index contributed by atoms with van der Waals surface area (Å²) < 4.78 is 0. The van der Waals surface area contributed by atoms with Crippen LogP contribution in [-0.2, 0) is 4.79 Å². The second-order valence-corrected chi connectivity index (χ2v) is 7.92. The highest BCUT2D eigenvalue weighted by Gasteiger charge is 2.44. The number of unbranched alkanes of at least 4 members (excludes halogenated alkanes) is 1. The van der Waals surface area contributed by atoms with Crippen LogP contribution in [0.4, 0.5) is 0 Å². The first-order chi connectivity index (χ1) is 12.4. The van der Waals surface area contributed by atoms with Crippen molar-refractivity contribution in [3.63, 3.8) is 0 Å². The Morgan fingerprint density at radius 1 is 1.42 bits per heavy atom. The maximum Gasteiger partial charge on any atom is 0.217 e. The minimum Gasteiger partial charge on any atom is -0.392 e. The van der Waals surface area contributed by atoms with Gasteiger partial charge in [0.15, 0.2) is 0 Å². The summed E-state index contributed by atoms with van der Waals surface area (Å²) in [6, 6.07) is 0. The van der Waals surface area contributed by atoms with Gasteiger partial charge in [0.1, 0.15) is 0 Å². The van der Waals surface area contributed by atoms with Crippen LogP contribution < -0.4 is 5.73 Å². The van der Waals surface area contributed by atoms with Crippen LogP contribution in [0.5, 0.6) is 0 Å². The van der Waals surface area contributed by atoms with E-state index in [0.717, 1.165) is 32.1 Å². The average Bonchev–Trinajstić information content (AvgIpc) is 3.10. The van der Waals surface area contributed by atoms with Gasteiger partial charge in [-0.15, -0.1) is 11.8 Å². The SMILES string of the molecule is CC#CC[C@H](C)[C@H](O)/C=C/[C@@H]1[C@H]2C/C(=C/CCCC(N)=O)C[C@H]2C[C@H]1O. The molecule has 4 nitrogen and oxygen atoms in total. The lowest BCUT2D eigenvalue weighted by molar-refractivity contribution is -0.118. The molecule has 4 heteroatoms. The van der Waals surface area contributed by atoms with E-state index < -0.39 is 6.10 Å². The molecule has 2 fully saturated rings. The van der Waals surface area contributed by atoms with E-state index in [0.29, 0.717) is 24.7 Å².